The third-order valence-corrected chi connectivity index (χ3v) is 4.11. The molecule has 29 heavy (non-hydrogen) atoms. The van der Waals surface area contributed by atoms with Gasteiger partial charge in [0.1, 0.15) is 17.1 Å². The lowest BCUT2D eigenvalue weighted by atomic mass is 10.1. The first kappa shape index (κ1) is 21.7. The number of hydrogen-bond acceptors (Lipinski definition) is 5. The van der Waals surface area contributed by atoms with E-state index in [1.54, 1.807) is 49.4 Å². The molecule has 154 valence electrons. The summed E-state index contributed by atoms with van der Waals surface area (Å²) in [5, 5.41) is 8.17. The summed E-state index contributed by atoms with van der Waals surface area (Å²) < 4.78 is 10.5. The second kappa shape index (κ2) is 10.7. The smallest absolute Gasteiger partial charge is 0.263 e. The average Bonchev–Trinajstić information content (AvgIpc) is 2.75. The fourth-order valence-corrected chi connectivity index (χ4v) is 2.58. The standard InChI is InChI=1S/C21H25N3O5/c1-4-18(25)22-12-13-23-20(26)14-8-10-15(11-9-14)24-21(27)19-16(28-2)6-5-7-17(19)29-3/h5-11H,4,12-13H2,1-3H3,(H,22,25)(H,23,26)(H,24,27). The van der Waals surface area contributed by atoms with Crippen LogP contribution in [0.1, 0.15) is 34.1 Å². The highest BCUT2D eigenvalue weighted by molar-refractivity contribution is 6.08. The van der Waals surface area contributed by atoms with Gasteiger partial charge in [-0.15, -0.1) is 0 Å². The van der Waals surface area contributed by atoms with E-state index >= 15 is 0 Å². The molecule has 2 aromatic carbocycles. The molecular weight excluding hydrogens is 374 g/mol. The van der Waals surface area contributed by atoms with E-state index in [0.717, 1.165) is 0 Å². The quantitative estimate of drug-likeness (QED) is 0.561. The number of carbonyl (C=O) groups is 3. The van der Waals surface area contributed by atoms with Crippen molar-refractivity contribution in [1.29, 1.82) is 0 Å². The van der Waals surface area contributed by atoms with E-state index in [1.807, 2.05) is 0 Å². The van der Waals surface area contributed by atoms with Crippen molar-refractivity contribution in [1.82, 2.24) is 10.6 Å². The second-order valence-corrected chi connectivity index (χ2v) is 6.03. The SMILES string of the molecule is CCC(=O)NCCNC(=O)c1ccc(NC(=O)c2c(OC)cccc2OC)cc1. The third-order valence-electron chi connectivity index (χ3n) is 4.11. The van der Waals surface area contributed by atoms with Crippen LogP contribution in [0.4, 0.5) is 5.69 Å². The third kappa shape index (κ3) is 5.97. The first-order chi connectivity index (χ1) is 14.0. The molecule has 2 aromatic rings. The molecular formula is C21H25N3O5. The largest absolute Gasteiger partial charge is 0.496 e. The van der Waals surface area contributed by atoms with Crippen molar-refractivity contribution in [3.63, 3.8) is 0 Å². The van der Waals surface area contributed by atoms with E-state index in [0.29, 0.717) is 42.3 Å². The summed E-state index contributed by atoms with van der Waals surface area (Å²) in [7, 11) is 2.96. The minimum Gasteiger partial charge on any atom is -0.496 e. The Morgan fingerprint density at radius 2 is 1.41 bits per heavy atom. The molecule has 0 aliphatic heterocycles. The van der Waals surface area contributed by atoms with Crippen LogP contribution in [0.25, 0.3) is 0 Å². The van der Waals surface area contributed by atoms with Gasteiger partial charge in [-0.2, -0.15) is 0 Å². The maximum Gasteiger partial charge on any atom is 0.263 e. The normalized spacial score (nSPS) is 10.0. The van der Waals surface area contributed by atoms with Gasteiger partial charge in [-0.05, 0) is 36.4 Å². The fourth-order valence-electron chi connectivity index (χ4n) is 2.58. The molecule has 3 N–H and O–H groups in total. The van der Waals surface area contributed by atoms with E-state index in [9.17, 15) is 14.4 Å². The van der Waals surface area contributed by atoms with Gasteiger partial charge in [-0.1, -0.05) is 13.0 Å². The van der Waals surface area contributed by atoms with Gasteiger partial charge in [0.15, 0.2) is 0 Å². The van der Waals surface area contributed by atoms with Gasteiger partial charge >= 0.3 is 0 Å². The Bertz CT molecular complexity index is 843. The molecule has 0 radical (unpaired) electrons. The van der Waals surface area contributed by atoms with E-state index in [-0.39, 0.29) is 23.3 Å². The highest BCUT2D eigenvalue weighted by Gasteiger charge is 2.18. The Morgan fingerprint density at radius 3 is 1.97 bits per heavy atom. The molecule has 0 spiro atoms. The Morgan fingerprint density at radius 1 is 0.828 bits per heavy atom. The molecule has 0 bridgehead atoms. The minimum atomic E-state index is -0.386. The van der Waals surface area contributed by atoms with Crippen LogP contribution in [-0.4, -0.2) is 45.0 Å². The Hall–Kier alpha value is -3.55. The number of methoxy groups -OCH3 is 2. The summed E-state index contributed by atoms with van der Waals surface area (Å²) in [6, 6.07) is 11.6. The predicted molar refractivity (Wildman–Crippen MR) is 110 cm³/mol. The molecule has 2 rings (SSSR count). The maximum atomic E-state index is 12.7. The van der Waals surface area contributed by atoms with Crippen LogP contribution in [-0.2, 0) is 4.79 Å². The molecule has 8 nitrogen and oxygen atoms in total. The molecule has 8 heteroatoms. The molecule has 0 aromatic heterocycles. The topological polar surface area (TPSA) is 106 Å². The number of amides is 3. The number of benzene rings is 2. The minimum absolute atomic E-state index is 0.0639. The zero-order valence-corrected chi connectivity index (χ0v) is 16.7. The van der Waals surface area contributed by atoms with Gasteiger partial charge in [0.25, 0.3) is 11.8 Å². The summed E-state index contributed by atoms with van der Waals surface area (Å²) in [4.78, 5) is 36.0. The van der Waals surface area contributed by atoms with Crippen molar-refractivity contribution in [3.05, 3.63) is 53.6 Å². The molecule has 0 aliphatic rings. The molecule has 0 fully saturated rings. The van der Waals surface area contributed by atoms with Gasteiger partial charge in [-0.3, -0.25) is 14.4 Å². The monoisotopic (exact) mass is 399 g/mol. The van der Waals surface area contributed by atoms with Crippen molar-refractivity contribution in [3.8, 4) is 11.5 Å². The molecule has 0 aliphatic carbocycles. The summed E-state index contributed by atoms with van der Waals surface area (Å²) in [5.74, 6) is 0.0789. The summed E-state index contributed by atoms with van der Waals surface area (Å²) in [5.41, 5.74) is 1.25. The first-order valence-corrected chi connectivity index (χ1v) is 9.17. The molecule has 0 saturated carbocycles. The number of rotatable bonds is 9. The zero-order chi connectivity index (χ0) is 21.2. The van der Waals surface area contributed by atoms with Gasteiger partial charge < -0.3 is 25.4 Å². The van der Waals surface area contributed by atoms with Crippen LogP contribution in [0.5, 0.6) is 11.5 Å². The lowest BCUT2D eigenvalue weighted by Crippen LogP contribution is -2.34. The van der Waals surface area contributed by atoms with Crippen molar-refractivity contribution in [2.24, 2.45) is 0 Å². The zero-order valence-electron chi connectivity index (χ0n) is 16.7. The van der Waals surface area contributed by atoms with Crippen LogP contribution in [0.2, 0.25) is 0 Å². The molecule has 0 heterocycles. The number of ether oxygens (including phenoxy) is 2. The van der Waals surface area contributed by atoms with Crippen molar-refractivity contribution in [2.45, 2.75) is 13.3 Å². The summed E-state index contributed by atoms with van der Waals surface area (Å²) >= 11 is 0. The summed E-state index contributed by atoms with van der Waals surface area (Å²) in [6.07, 6.45) is 0.405. The Balaban J connectivity index is 1.98. The lowest BCUT2D eigenvalue weighted by Gasteiger charge is -2.13. The van der Waals surface area contributed by atoms with Gasteiger partial charge in [-0.25, -0.2) is 0 Å². The van der Waals surface area contributed by atoms with Crippen LogP contribution >= 0.6 is 0 Å². The van der Waals surface area contributed by atoms with Gasteiger partial charge in [0.05, 0.1) is 14.2 Å². The average molecular weight is 399 g/mol. The first-order valence-electron chi connectivity index (χ1n) is 9.17. The Labute approximate surface area is 169 Å². The van der Waals surface area contributed by atoms with E-state index in [4.69, 9.17) is 9.47 Å². The molecule has 0 saturated heterocycles. The van der Waals surface area contributed by atoms with Gasteiger partial charge in [0.2, 0.25) is 5.91 Å². The highest BCUT2D eigenvalue weighted by atomic mass is 16.5. The number of anilines is 1. The van der Waals surface area contributed by atoms with Crippen LogP contribution < -0.4 is 25.4 Å². The number of carbonyl (C=O) groups excluding carboxylic acids is 3. The van der Waals surface area contributed by atoms with E-state index in [2.05, 4.69) is 16.0 Å². The molecule has 0 unspecified atom stereocenters. The summed E-state index contributed by atoms with van der Waals surface area (Å²) in [6.45, 7) is 2.46. The maximum absolute atomic E-state index is 12.7. The highest BCUT2D eigenvalue weighted by Crippen LogP contribution is 2.29. The van der Waals surface area contributed by atoms with E-state index in [1.165, 1.54) is 14.2 Å². The van der Waals surface area contributed by atoms with Crippen LogP contribution in [0, 0.1) is 0 Å². The number of hydrogen-bond donors (Lipinski definition) is 3. The van der Waals surface area contributed by atoms with Crippen molar-refractivity contribution >= 4 is 23.4 Å². The Kier molecular flexibility index (Phi) is 8.02. The fraction of sp³-hybridized carbons (Fsp3) is 0.286. The molecule has 0 atom stereocenters. The van der Waals surface area contributed by atoms with Gasteiger partial charge in [0, 0.05) is 30.8 Å². The number of nitrogens with one attached hydrogen (secondary N) is 3. The lowest BCUT2D eigenvalue weighted by molar-refractivity contribution is -0.120. The van der Waals surface area contributed by atoms with E-state index < -0.39 is 0 Å². The van der Waals surface area contributed by atoms with Crippen LogP contribution in [0.15, 0.2) is 42.5 Å². The molecule has 3 amide bonds. The van der Waals surface area contributed by atoms with Crippen molar-refractivity contribution < 1.29 is 23.9 Å². The second-order valence-electron chi connectivity index (χ2n) is 6.03. The van der Waals surface area contributed by atoms with Crippen molar-refractivity contribution in [2.75, 3.05) is 32.6 Å². The van der Waals surface area contributed by atoms with Crippen LogP contribution in [0.3, 0.4) is 0 Å². The predicted octanol–water partition coefficient (Wildman–Crippen LogP) is 2.21.